The molecule has 1 aliphatic heterocycles. The molecule has 1 saturated carbocycles. The van der Waals surface area contributed by atoms with Crippen LogP contribution in [0.3, 0.4) is 0 Å². The van der Waals surface area contributed by atoms with Gasteiger partial charge in [0.2, 0.25) is 0 Å². The summed E-state index contributed by atoms with van der Waals surface area (Å²) < 4.78 is 5.34. The minimum Gasteiger partial charge on any atom is -0.379 e. The number of rotatable bonds is 7. The zero-order valence-corrected chi connectivity index (χ0v) is 11.5. The van der Waals surface area contributed by atoms with E-state index >= 15 is 0 Å². The van der Waals surface area contributed by atoms with Crippen LogP contribution in [-0.2, 0) is 11.3 Å². The number of ether oxygens (including phenoxy) is 1. The van der Waals surface area contributed by atoms with Crippen molar-refractivity contribution in [3.8, 4) is 0 Å². The summed E-state index contributed by atoms with van der Waals surface area (Å²) in [6, 6.07) is 2.21. The molecule has 1 aliphatic carbocycles. The van der Waals surface area contributed by atoms with Gasteiger partial charge in [0.15, 0.2) is 0 Å². The predicted molar refractivity (Wildman–Crippen MR) is 74.1 cm³/mol. The number of aromatic nitrogens is 2. The van der Waals surface area contributed by atoms with Crippen molar-refractivity contribution in [2.45, 2.75) is 31.7 Å². The van der Waals surface area contributed by atoms with E-state index in [1.54, 1.807) is 0 Å². The first-order valence-electron chi connectivity index (χ1n) is 7.47. The van der Waals surface area contributed by atoms with Crippen LogP contribution in [0.1, 0.15) is 36.6 Å². The summed E-state index contributed by atoms with van der Waals surface area (Å²) in [7, 11) is 0. The molecule has 0 unspecified atom stereocenters. The van der Waals surface area contributed by atoms with Gasteiger partial charge < -0.3 is 10.1 Å². The third-order valence-electron chi connectivity index (χ3n) is 3.89. The Morgan fingerprint density at radius 2 is 2.21 bits per heavy atom. The Morgan fingerprint density at radius 3 is 3.00 bits per heavy atom. The molecule has 0 spiro atoms. The molecule has 19 heavy (non-hydrogen) atoms. The largest absolute Gasteiger partial charge is 0.379 e. The van der Waals surface area contributed by atoms with Crippen LogP contribution >= 0.6 is 0 Å². The summed E-state index contributed by atoms with van der Waals surface area (Å²) in [5.41, 5.74) is 2.47. The summed E-state index contributed by atoms with van der Waals surface area (Å²) in [6.07, 6.45) is 3.83. The van der Waals surface area contributed by atoms with E-state index in [4.69, 9.17) is 4.74 Å². The van der Waals surface area contributed by atoms with Gasteiger partial charge in [-0.1, -0.05) is 0 Å². The van der Waals surface area contributed by atoms with E-state index in [9.17, 15) is 0 Å². The normalized spacial score (nSPS) is 20.8. The zero-order valence-electron chi connectivity index (χ0n) is 11.5. The van der Waals surface area contributed by atoms with Crippen molar-refractivity contribution in [2.24, 2.45) is 0 Å². The molecule has 2 fully saturated rings. The first kappa shape index (κ1) is 13.1. The van der Waals surface area contributed by atoms with Gasteiger partial charge in [-0.05, 0) is 38.4 Å². The van der Waals surface area contributed by atoms with Crippen LogP contribution in [0.15, 0.2) is 6.07 Å². The van der Waals surface area contributed by atoms with Crippen LogP contribution in [0.25, 0.3) is 0 Å². The molecule has 1 aromatic rings. The summed E-state index contributed by atoms with van der Waals surface area (Å²) in [5, 5.41) is 11.0. The maximum Gasteiger partial charge on any atom is 0.0656 e. The molecule has 0 amide bonds. The monoisotopic (exact) mass is 264 g/mol. The first-order chi connectivity index (χ1) is 9.42. The minimum absolute atomic E-state index is 0.742. The number of hydrogen-bond acceptors (Lipinski definition) is 4. The highest BCUT2D eigenvalue weighted by atomic mass is 16.5. The van der Waals surface area contributed by atoms with Crippen molar-refractivity contribution < 1.29 is 4.74 Å². The SMILES string of the molecule is c1c(C2CC2)n[nH]c1CNCCCN1CCOCC1. The predicted octanol–water partition coefficient (Wildman–Crippen LogP) is 1.10. The van der Waals surface area contributed by atoms with Gasteiger partial charge in [-0.15, -0.1) is 0 Å². The van der Waals surface area contributed by atoms with Gasteiger partial charge in [0, 0.05) is 31.2 Å². The third kappa shape index (κ3) is 4.03. The molecular formula is C14H24N4O. The smallest absolute Gasteiger partial charge is 0.0656 e. The summed E-state index contributed by atoms with van der Waals surface area (Å²) in [6.45, 7) is 7.11. The van der Waals surface area contributed by atoms with Gasteiger partial charge in [0.1, 0.15) is 0 Å². The molecule has 1 saturated heterocycles. The highest BCUT2D eigenvalue weighted by molar-refractivity contribution is 5.17. The zero-order chi connectivity index (χ0) is 12.9. The second-order valence-electron chi connectivity index (χ2n) is 5.58. The molecule has 0 aromatic carbocycles. The number of nitrogens with one attached hydrogen (secondary N) is 2. The number of aromatic amines is 1. The van der Waals surface area contributed by atoms with Crippen molar-refractivity contribution in [2.75, 3.05) is 39.4 Å². The maximum atomic E-state index is 5.34. The van der Waals surface area contributed by atoms with E-state index in [0.717, 1.165) is 45.3 Å². The molecule has 0 radical (unpaired) electrons. The summed E-state index contributed by atoms with van der Waals surface area (Å²) in [5.74, 6) is 0.742. The van der Waals surface area contributed by atoms with Crippen molar-refractivity contribution in [3.05, 3.63) is 17.5 Å². The van der Waals surface area contributed by atoms with Crippen molar-refractivity contribution in [3.63, 3.8) is 0 Å². The van der Waals surface area contributed by atoms with Crippen molar-refractivity contribution in [1.82, 2.24) is 20.4 Å². The average molecular weight is 264 g/mol. The molecule has 1 aromatic heterocycles. The van der Waals surface area contributed by atoms with E-state index in [0.29, 0.717) is 0 Å². The van der Waals surface area contributed by atoms with Crippen LogP contribution in [0.2, 0.25) is 0 Å². The van der Waals surface area contributed by atoms with Crippen LogP contribution in [0.5, 0.6) is 0 Å². The Balaban J connectivity index is 1.27. The molecule has 5 heteroatoms. The van der Waals surface area contributed by atoms with Gasteiger partial charge in [0.25, 0.3) is 0 Å². The topological polar surface area (TPSA) is 53.2 Å². The van der Waals surface area contributed by atoms with Crippen LogP contribution in [0, 0.1) is 0 Å². The third-order valence-corrected chi connectivity index (χ3v) is 3.89. The molecule has 0 bridgehead atoms. The lowest BCUT2D eigenvalue weighted by Gasteiger charge is -2.26. The molecule has 106 valence electrons. The van der Waals surface area contributed by atoms with E-state index in [2.05, 4.69) is 26.5 Å². The van der Waals surface area contributed by atoms with Crippen LogP contribution in [-0.4, -0.2) is 54.5 Å². The molecular weight excluding hydrogens is 240 g/mol. The van der Waals surface area contributed by atoms with Crippen LogP contribution in [0.4, 0.5) is 0 Å². The number of morpholine rings is 1. The van der Waals surface area contributed by atoms with E-state index in [-0.39, 0.29) is 0 Å². The molecule has 2 aliphatic rings. The highest BCUT2D eigenvalue weighted by Crippen LogP contribution is 2.38. The van der Waals surface area contributed by atoms with Gasteiger partial charge >= 0.3 is 0 Å². The van der Waals surface area contributed by atoms with Crippen molar-refractivity contribution in [1.29, 1.82) is 0 Å². The maximum absolute atomic E-state index is 5.34. The molecule has 2 heterocycles. The quantitative estimate of drug-likeness (QED) is 0.724. The molecule has 2 N–H and O–H groups in total. The fourth-order valence-corrected chi connectivity index (χ4v) is 2.53. The fraction of sp³-hybridized carbons (Fsp3) is 0.786. The molecule has 5 nitrogen and oxygen atoms in total. The van der Waals surface area contributed by atoms with E-state index in [1.165, 1.54) is 37.2 Å². The van der Waals surface area contributed by atoms with Gasteiger partial charge in [-0.25, -0.2) is 0 Å². The average Bonchev–Trinajstić information content (AvgIpc) is 3.20. The Hall–Kier alpha value is -0.910. The fourth-order valence-electron chi connectivity index (χ4n) is 2.53. The second-order valence-corrected chi connectivity index (χ2v) is 5.58. The van der Waals surface area contributed by atoms with Crippen LogP contribution < -0.4 is 5.32 Å². The summed E-state index contributed by atoms with van der Waals surface area (Å²) in [4.78, 5) is 2.48. The Morgan fingerprint density at radius 1 is 1.37 bits per heavy atom. The van der Waals surface area contributed by atoms with Gasteiger partial charge in [0.05, 0.1) is 18.9 Å². The Labute approximate surface area is 114 Å². The molecule has 3 rings (SSSR count). The van der Waals surface area contributed by atoms with E-state index < -0.39 is 0 Å². The lowest BCUT2D eigenvalue weighted by atomic mass is 10.2. The van der Waals surface area contributed by atoms with Crippen molar-refractivity contribution >= 4 is 0 Å². The number of H-pyrrole nitrogens is 1. The second kappa shape index (κ2) is 6.50. The lowest BCUT2D eigenvalue weighted by Crippen LogP contribution is -2.37. The number of hydrogen-bond donors (Lipinski definition) is 2. The molecule has 0 atom stereocenters. The van der Waals surface area contributed by atoms with E-state index in [1.807, 2.05) is 0 Å². The first-order valence-corrected chi connectivity index (χ1v) is 7.47. The van der Waals surface area contributed by atoms with Gasteiger partial charge in [-0.2, -0.15) is 5.10 Å². The standard InChI is InChI=1S/C14H24N4O/c1(5-18-6-8-19-9-7-18)4-15-11-13-10-14(17-16-13)12-2-3-12/h10,12,15H,1-9,11H2,(H,16,17). The summed E-state index contributed by atoms with van der Waals surface area (Å²) >= 11 is 0. The minimum atomic E-state index is 0.742. The highest BCUT2D eigenvalue weighted by Gasteiger charge is 2.25. The Bertz CT molecular complexity index is 383. The number of nitrogens with zero attached hydrogens (tertiary/aromatic N) is 2. The van der Waals surface area contributed by atoms with Gasteiger partial charge in [-0.3, -0.25) is 10.00 Å². The Kier molecular flexibility index (Phi) is 4.48. The lowest BCUT2D eigenvalue weighted by molar-refractivity contribution is 0.0374.